The number of benzene rings is 1. The summed E-state index contributed by atoms with van der Waals surface area (Å²) in [4.78, 5) is 12.1. The van der Waals surface area contributed by atoms with Gasteiger partial charge in [0.05, 0.1) is 11.1 Å². The van der Waals surface area contributed by atoms with E-state index < -0.39 is 0 Å². The first-order chi connectivity index (χ1) is 9.22. The van der Waals surface area contributed by atoms with Crippen LogP contribution >= 0.6 is 11.6 Å². The van der Waals surface area contributed by atoms with Crippen molar-refractivity contribution in [3.05, 3.63) is 34.9 Å². The van der Waals surface area contributed by atoms with Crippen molar-refractivity contribution >= 4 is 17.4 Å². The summed E-state index contributed by atoms with van der Waals surface area (Å²) in [7, 11) is 0. The summed E-state index contributed by atoms with van der Waals surface area (Å²) in [5.74, 6) is 0.582. The quantitative estimate of drug-likeness (QED) is 0.742. The minimum absolute atomic E-state index is 0.0222. The zero-order valence-electron chi connectivity index (χ0n) is 11.4. The molecule has 0 amide bonds. The van der Waals surface area contributed by atoms with Crippen molar-refractivity contribution in [2.24, 2.45) is 5.92 Å². The number of hydrogen-bond acceptors (Lipinski definition) is 2. The number of hydrogen-bond donors (Lipinski definition) is 0. The summed E-state index contributed by atoms with van der Waals surface area (Å²) in [6, 6.07) is 7.15. The maximum Gasteiger partial charge on any atom is 0.189 e. The summed E-state index contributed by atoms with van der Waals surface area (Å²) in [5, 5.41) is 0.506. The van der Waals surface area contributed by atoms with Gasteiger partial charge in [0.25, 0.3) is 0 Å². The Bertz CT molecular complexity index is 431. The first kappa shape index (κ1) is 14.5. The van der Waals surface area contributed by atoms with E-state index in [1.165, 1.54) is 19.3 Å². The lowest BCUT2D eigenvalue weighted by atomic mass is 9.85. The number of halogens is 1. The van der Waals surface area contributed by atoms with Crippen molar-refractivity contribution in [2.75, 3.05) is 6.61 Å². The Morgan fingerprint density at radius 2 is 2.05 bits per heavy atom. The van der Waals surface area contributed by atoms with Gasteiger partial charge in [0, 0.05) is 5.56 Å². The maximum atomic E-state index is 12.1. The van der Waals surface area contributed by atoms with E-state index in [4.69, 9.17) is 16.3 Å². The Morgan fingerprint density at radius 1 is 1.32 bits per heavy atom. The first-order valence-electron chi connectivity index (χ1n) is 7.11. The molecule has 0 aromatic heterocycles. The Hall–Kier alpha value is -0.860. The molecule has 0 bridgehead atoms. The summed E-state index contributed by atoms with van der Waals surface area (Å²) in [6.45, 7) is 2.34. The van der Waals surface area contributed by atoms with Gasteiger partial charge in [-0.2, -0.15) is 0 Å². The number of carbonyl (C=O) groups excluding carboxylic acids is 1. The van der Waals surface area contributed by atoms with E-state index in [-0.39, 0.29) is 18.5 Å². The fraction of sp³-hybridized carbons (Fsp3) is 0.562. The van der Waals surface area contributed by atoms with Crippen LogP contribution in [0.3, 0.4) is 0 Å². The van der Waals surface area contributed by atoms with Gasteiger partial charge in [-0.15, -0.1) is 0 Å². The van der Waals surface area contributed by atoms with Crippen molar-refractivity contribution in [1.29, 1.82) is 0 Å². The number of ether oxygens (including phenoxy) is 1. The highest BCUT2D eigenvalue weighted by Gasteiger charge is 2.25. The van der Waals surface area contributed by atoms with Crippen molar-refractivity contribution in [2.45, 2.75) is 45.1 Å². The molecule has 0 radical (unpaired) electrons. The van der Waals surface area contributed by atoms with Gasteiger partial charge in [-0.3, -0.25) is 4.79 Å². The van der Waals surface area contributed by atoms with Crippen LogP contribution in [0.2, 0.25) is 5.02 Å². The lowest BCUT2D eigenvalue weighted by Crippen LogP contribution is -2.29. The second-order valence-electron chi connectivity index (χ2n) is 5.21. The van der Waals surface area contributed by atoms with Gasteiger partial charge in [0.2, 0.25) is 0 Å². The van der Waals surface area contributed by atoms with Gasteiger partial charge >= 0.3 is 0 Å². The SMILES string of the molecule is CCC1CCCCC1OCC(=O)c1ccccc1Cl. The smallest absolute Gasteiger partial charge is 0.189 e. The predicted molar refractivity (Wildman–Crippen MR) is 77.8 cm³/mol. The number of carbonyl (C=O) groups is 1. The fourth-order valence-electron chi connectivity index (χ4n) is 2.81. The molecule has 0 spiro atoms. The maximum absolute atomic E-state index is 12.1. The molecular weight excluding hydrogens is 260 g/mol. The van der Waals surface area contributed by atoms with Crippen LogP contribution in [-0.2, 0) is 4.74 Å². The Labute approximate surface area is 120 Å². The van der Waals surface area contributed by atoms with Crippen LogP contribution in [0, 0.1) is 5.92 Å². The van der Waals surface area contributed by atoms with Crippen molar-refractivity contribution < 1.29 is 9.53 Å². The van der Waals surface area contributed by atoms with Gasteiger partial charge < -0.3 is 4.74 Å². The topological polar surface area (TPSA) is 26.3 Å². The largest absolute Gasteiger partial charge is 0.370 e. The molecule has 1 saturated carbocycles. The Morgan fingerprint density at radius 3 is 2.79 bits per heavy atom. The Kier molecular flexibility index (Phi) is 5.41. The number of rotatable bonds is 5. The molecule has 104 valence electrons. The van der Waals surface area contributed by atoms with Crippen LogP contribution < -0.4 is 0 Å². The number of ketones is 1. The molecule has 3 heteroatoms. The highest BCUT2D eigenvalue weighted by molar-refractivity contribution is 6.34. The minimum Gasteiger partial charge on any atom is -0.370 e. The van der Waals surface area contributed by atoms with E-state index in [0.717, 1.165) is 12.8 Å². The summed E-state index contributed by atoms with van der Waals surface area (Å²) in [5.41, 5.74) is 0.563. The molecule has 0 aliphatic heterocycles. The van der Waals surface area contributed by atoms with E-state index in [9.17, 15) is 4.79 Å². The van der Waals surface area contributed by atoms with Gasteiger partial charge in [-0.05, 0) is 30.9 Å². The second-order valence-corrected chi connectivity index (χ2v) is 5.61. The molecule has 2 rings (SSSR count). The van der Waals surface area contributed by atoms with Crippen LogP contribution in [0.4, 0.5) is 0 Å². The molecule has 1 aromatic carbocycles. The molecule has 19 heavy (non-hydrogen) atoms. The molecule has 2 nitrogen and oxygen atoms in total. The van der Waals surface area contributed by atoms with E-state index in [1.807, 2.05) is 12.1 Å². The first-order valence-corrected chi connectivity index (χ1v) is 7.49. The zero-order valence-corrected chi connectivity index (χ0v) is 12.2. The number of Topliss-reactive ketones (excluding diaryl/α,β-unsaturated/α-hetero) is 1. The molecule has 1 aliphatic rings. The molecule has 0 heterocycles. The average Bonchev–Trinajstić information content (AvgIpc) is 2.45. The van der Waals surface area contributed by atoms with Gasteiger partial charge in [0.1, 0.15) is 6.61 Å². The lowest BCUT2D eigenvalue weighted by Gasteiger charge is -2.30. The zero-order chi connectivity index (χ0) is 13.7. The van der Waals surface area contributed by atoms with E-state index in [1.54, 1.807) is 12.1 Å². The molecule has 0 N–H and O–H groups in total. The van der Waals surface area contributed by atoms with Gasteiger partial charge in [-0.1, -0.05) is 49.9 Å². The predicted octanol–water partition coefficient (Wildman–Crippen LogP) is 4.51. The summed E-state index contributed by atoms with van der Waals surface area (Å²) < 4.78 is 5.85. The van der Waals surface area contributed by atoms with Crippen molar-refractivity contribution in [1.82, 2.24) is 0 Å². The van der Waals surface area contributed by atoms with Gasteiger partial charge in [-0.25, -0.2) is 0 Å². The third kappa shape index (κ3) is 3.80. The molecule has 1 fully saturated rings. The van der Waals surface area contributed by atoms with Crippen molar-refractivity contribution in [3.8, 4) is 0 Å². The average molecular weight is 281 g/mol. The van der Waals surface area contributed by atoms with Crippen LogP contribution in [0.25, 0.3) is 0 Å². The summed E-state index contributed by atoms with van der Waals surface area (Å²) in [6.07, 6.45) is 6.17. The third-order valence-electron chi connectivity index (χ3n) is 3.97. The fourth-order valence-corrected chi connectivity index (χ4v) is 3.05. The molecule has 2 atom stereocenters. The summed E-state index contributed by atoms with van der Waals surface area (Å²) >= 11 is 6.02. The molecular formula is C16H21ClO2. The highest BCUT2D eigenvalue weighted by Crippen LogP contribution is 2.29. The molecule has 2 unspecified atom stereocenters. The van der Waals surface area contributed by atoms with E-state index >= 15 is 0 Å². The Balaban J connectivity index is 1.91. The van der Waals surface area contributed by atoms with Crippen LogP contribution in [-0.4, -0.2) is 18.5 Å². The lowest BCUT2D eigenvalue weighted by molar-refractivity contribution is -0.00569. The highest BCUT2D eigenvalue weighted by atomic mass is 35.5. The molecule has 1 aromatic rings. The molecule has 1 aliphatic carbocycles. The van der Waals surface area contributed by atoms with E-state index in [0.29, 0.717) is 16.5 Å². The standard InChI is InChI=1S/C16H21ClO2/c1-2-12-7-3-6-10-16(12)19-11-15(18)13-8-4-5-9-14(13)17/h4-5,8-9,12,16H,2-3,6-7,10-11H2,1H3. The van der Waals surface area contributed by atoms with E-state index in [2.05, 4.69) is 6.92 Å². The van der Waals surface area contributed by atoms with Crippen molar-refractivity contribution in [3.63, 3.8) is 0 Å². The third-order valence-corrected chi connectivity index (χ3v) is 4.30. The minimum atomic E-state index is -0.0222. The molecule has 0 saturated heterocycles. The van der Waals surface area contributed by atoms with Gasteiger partial charge in [0.15, 0.2) is 5.78 Å². The van der Waals surface area contributed by atoms with Crippen LogP contribution in [0.1, 0.15) is 49.4 Å². The monoisotopic (exact) mass is 280 g/mol. The second kappa shape index (κ2) is 7.06. The van der Waals surface area contributed by atoms with Crippen LogP contribution in [0.15, 0.2) is 24.3 Å². The van der Waals surface area contributed by atoms with Crippen LogP contribution in [0.5, 0.6) is 0 Å². The normalized spacial score (nSPS) is 23.3.